The molecule has 0 heterocycles. The molecule has 0 saturated carbocycles. The number of benzene rings is 1. The molecule has 2 rings (SSSR count). The average molecular weight is 296 g/mol. The van der Waals surface area contributed by atoms with Crippen LogP contribution in [0.5, 0.6) is 0 Å². The first-order valence-electron chi connectivity index (χ1n) is 6.55. The Labute approximate surface area is 121 Å². The summed E-state index contributed by atoms with van der Waals surface area (Å²) >= 11 is 0. The first-order valence-corrected chi connectivity index (χ1v) is 6.55. The number of aryl methyl sites for hydroxylation is 1. The van der Waals surface area contributed by atoms with Gasteiger partial charge in [0.15, 0.2) is 0 Å². The number of halogens is 3. The van der Waals surface area contributed by atoms with Crippen LogP contribution in [0.2, 0.25) is 0 Å². The van der Waals surface area contributed by atoms with E-state index in [0.717, 1.165) is 17.5 Å². The summed E-state index contributed by atoms with van der Waals surface area (Å²) in [5.74, 6) is 2.34. The normalized spacial score (nSPS) is 17.0. The van der Waals surface area contributed by atoms with Gasteiger partial charge in [0.25, 0.3) is 0 Å². The summed E-state index contributed by atoms with van der Waals surface area (Å²) in [5.41, 5.74) is 2.06. The molecule has 0 aliphatic heterocycles. The van der Waals surface area contributed by atoms with Gasteiger partial charge in [0.2, 0.25) is 0 Å². The van der Waals surface area contributed by atoms with Crippen LogP contribution in [0.4, 0.5) is 18.0 Å². The molecule has 0 spiro atoms. The third kappa shape index (κ3) is 3.69. The van der Waals surface area contributed by atoms with Crippen molar-refractivity contribution < 1.29 is 18.0 Å². The minimum absolute atomic E-state index is 0.0251. The molecular formula is C15H15F3N2O. The summed E-state index contributed by atoms with van der Waals surface area (Å²) in [5, 5.41) is 1.88. The Kier molecular flexibility index (Phi) is 4.41. The number of carbonyl (C=O) groups excluding carboxylic acids is 1. The third-order valence-electron chi connectivity index (χ3n) is 3.44. The van der Waals surface area contributed by atoms with Gasteiger partial charge in [0.1, 0.15) is 6.54 Å². The van der Waals surface area contributed by atoms with E-state index in [-0.39, 0.29) is 12.6 Å². The largest absolute Gasteiger partial charge is 0.405 e. The summed E-state index contributed by atoms with van der Waals surface area (Å²) in [6, 6.07) is 6.53. The number of nitrogens with zero attached hydrogens (tertiary/aromatic N) is 1. The molecule has 1 aromatic carbocycles. The van der Waals surface area contributed by atoms with E-state index in [1.54, 1.807) is 0 Å². The van der Waals surface area contributed by atoms with Crippen LogP contribution in [0, 0.1) is 12.3 Å². The molecule has 1 N–H and O–H groups in total. The van der Waals surface area contributed by atoms with Crippen molar-refractivity contribution in [3.05, 3.63) is 35.4 Å². The Bertz CT molecular complexity index is 563. The van der Waals surface area contributed by atoms with Crippen molar-refractivity contribution in [3.8, 4) is 12.3 Å². The fourth-order valence-corrected chi connectivity index (χ4v) is 2.56. The predicted octanol–water partition coefficient (Wildman–Crippen LogP) is 2.88. The fourth-order valence-electron chi connectivity index (χ4n) is 2.56. The molecule has 0 radical (unpaired) electrons. The lowest BCUT2D eigenvalue weighted by atomic mass is 10.1. The van der Waals surface area contributed by atoms with Gasteiger partial charge in [-0.1, -0.05) is 30.2 Å². The van der Waals surface area contributed by atoms with Crippen molar-refractivity contribution in [2.24, 2.45) is 0 Å². The number of amides is 2. The maximum atomic E-state index is 12.2. The number of urea groups is 1. The molecule has 0 saturated heterocycles. The fraction of sp³-hybridized carbons (Fsp3) is 0.400. The Morgan fingerprint density at radius 2 is 2.14 bits per heavy atom. The second-order valence-electron chi connectivity index (χ2n) is 4.86. The van der Waals surface area contributed by atoms with E-state index in [0.29, 0.717) is 6.42 Å². The number of carbonyl (C=O) groups is 1. The van der Waals surface area contributed by atoms with Crippen molar-refractivity contribution in [1.29, 1.82) is 0 Å². The number of nitrogens with one attached hydrogen (secondary N) is 1. The number of hydrogen-bond donors (Lipinski definition) is 1. The molecule has 112 valence electrons. The smallest absolute Gasteiger partial charge is 0.329 e. The van der Waals surface area contributed by atoms with Crippen LogP contribution in [0.3, 0.4) is 0 Å². The minimum Gasteiger partial charge on any atom is -0.329 e. The maximum absolute atomic E-state index is 12.2. The highest BCUT2D eigenvalue weighted by molar-refractivity contribution is 5.75. The average Bonchev–Trinajstić information content (AvgIpc) is 2.85. The SMILES string of the molecule is C#CCN(C(=O)NCC(F)(F)F)C1CCc2ccccc21. The molecule has 0 bridgehead atoms. The molecule has 21 heavy (non-hydrogen) atoms. The van der Waals surface area contributed by atoms with E-state index in [1.807, 2.05) is 29.6 Å². The highest BCUT2D eigenvalue weighted by atomic mass is 19.4. The van der Waals surface area contributed by atoms with Crippen molar-refractivity contribution >= 4 is 6.03 Å². The summed E-state index contributed by atoms with van der Waals surface area (Å²) in [4.78, 5) is 13.3. The zero-order valence-electron chi connectivity index (χ0n) is 11.3. The number of fused-ring (bicyclic) bond motifs is 1. The van der Waals surface area contributed by atoms with E-state index >= 15 is 0 Å². The Morgan fingerprint density at radius 1 is 1.43 bits per heavy atom. The van der Waals surface area contributed by atoms with E-state index in [9.17, 15) is 18.0 Å². The molecule has 2 amide bonds. The maximum Gasteiger partial charge on any atom is 0.405 e. The van der Waals surface area contributed by atoms with Crippen LogP contribution < -0.4 is 5.32 Å². The molecule has 6 heteroatoms. The summed E-state index contributed by atoms with van der Waals surface area (Å²) < 4.78 is 36.6. The van der Waals surface area contributed by atoms with Crippen LogP contribution in [0.1, 0.15) is 23.6 Å². The standard InChI is InChI=1S/C15H15F3N2O/c1-2-9-20(14(21)19-10-15(16,17)18)13-8-7-11-5-3-4-6-12(11)13/h1,3-6,13H,7-10H2,(H,19,21). The summed E-state index contributed by atoms with van der Waals surface area (Å²) in [6.07, 6.45) is 2.26. The predicted molar refractivity (Wildman–Crippen MR) is 72.5 cm³/mol. The second kappa shape index (κ2) is 6.08. The zero-order valence-corrected chi connectivity index (χ0v) is 11.3. The lowest BCUT2D eigenvalue weighted by Crippen LogP contribution is -2.45. The molecule has 3 nitrogen and oxygen atoms in total. The Morgan fingerprint density at radius 3 is 2.81 bits per heavy atom. The van der Waals surface area contributed by atoms with Gasteiger partial charge in [-0.3, -0.25) is 0 Å². The van der Waals surface area contributed by atoms with Crippen LogP contribution in [-0.4, -0.2) is 30.2 Å². The van der Waals surface area contributed by atoms with Crippen LogP contribution in [0.25, 0.3) is 0 Å². The molecule has 0 aromatic heterocycles. The minimum atomic E-state index is -4.44. The molecule has 1 aliphatic carbocycles. The van der Waals surface area contributed by atoms with Crippen molar-refractivity contribution in [2.45, 2.75) is 25.1 Å². The number of rotatable bonds is 3. The van der Waals surface area contributed by atoms with E-state index in [2.05, 4.69) is 5.92 Å². The van der Waals surface area contributed by atoms with Gasteiger partial charge < -0.3 is 10.2 Å². The van der Waals surface area contributed by atoms with Gasteiger partial charge in [0, 0.05) is 0 Å². The highest BCUT2D eigenvalue weighted by Crippen LogP contribution is 2.35. The van der Waals surface area contributed by atoms with Crippen LogP contribution in [0.15, 0.2) is 24.3 Å². The van der Waals surface area contributed by atoms with E-state index in [1.165, 1.54) is 4.90 Å². The zero-order chi connectivity index (χ0) is 15.5. The highest BCUT2D eigenvalue weighted by Gasteiger charge is 2.33. The van der Waals surface area contributed by atoms with Crippen molar-refractivity contribution in [1.82, 2.24) is 10.2 Å². The monoisotopic (exact) mass is 296 g/mol. The molecule has 0 fully saturated rings. The van der Waals surface area contributed by atoms with Crippen molar-refractivity contribution in [2.75, 3.05) is 13.1 Å². The molecule has 1 aromatic rings. The lowest BCUT2D eigenvalue weighted by molar-refractivity contribution is -0.123. The quantitative estimate of drug-likeness (QED) is 0.855. The number of alkyl halides is 3. The molecule has 1 unspecified atom stereocenters. The van der Waals surface area contributed by atoms with Gasteiger partial charge in [0.05, 0.1) is 12.6 Å². The number of hydrogen-bond acceptors (Lipinski definition) is 1. The van der Waals surface area contributed by atoms with Gasteiger partial charge >= 0.3 is 12.2 Å². The molecular weight excluding hydrogens is 281 g/mol. The van der Waals surface area contributed by atoms with E-state index < -0.39 is 18.8 Å². The topological polar surface area (TPSA) is 32.3 Å². The van der Waals surface area contributed by atoms with Gasteiger partial charge in [-0.25, -0.2) is 4.79 Å². The lowest BCUT2D eigenvalue weighted by Gasteiger charge is -2.28. The first-order chi connectivity index (χ1) is 9.92. The van der Waals surface area contributed by atoms with Crippen LogP contribution >= 0.6 is 0 Å². The third-order valence-corrected chi connectivity index (χ3v) is 3.44. The summed E-state index contributed by atoms with van der Waals surface area (Å²) in [7, 11) is 0. The Hall–Kier alpha value is -2.16. The molecule has 1 aliphatic rings. The van der Waals surface area contributed by atoms with Crippen LogP contribution in [-0.2, 0) is 6.42 Å². The first kappa shape index (κ1) is 15.2. The Balaban J connectivity index is 2.13. The van der Waals surface area contributed by atoms with Gasteiger partial charge in [-0.15, -0.1) is 6.42 Å². The van der Waals surface area contributed by atoms with Gasteiger partial charge in [-0.2, -0.15) is 13.2 Å². The van der Waals surface area contributed by atoms with Gasteiger partial charge in [-0.05, 0) is 24.0 Å². The van der Waals surface area contributed by atoms with Crippen molar-refractivity contribution in [3.63, 3.8) is 0 Å². The van der Waals surface area contributed by atoms with E-state index in [4.69, 9.17) is 6.42 Å². The second-order valence-corrected chi connectivity index (χ2v) is 4.86. The molecule has 1 atom stereocenters. The summed E-state index contributed by atoms with van der Waals surface area (Å²) in [6.45, 7) is -1.38. The number of terminal acetylenes is 1.